The van der Waals surface area contributed by atoms with Gasteiger partial charge in [-0.2, -0.15) is 0 Å². The second-order valence-corrected chi connectivity index (χ2v) is 7.77. The zero-order valence-electron chi connectivity index (χ0n) is 15.2. The molecule has 4 aromatic carbocycles. The van der Waals surface area contributed by atoms with E-state index in [1.807, 2.05) is 0 Å². The van der Waals surface area contributed by atoms with Crippen molar-refractivity contribution in [3.8, 4) is 27.9 Å². The molecule has 0 spiro atoms. The first-order valence-electron chi connectivity index (χ1n) is 9.31. The Morgan fingerprint density at radius 2 is 1.29 bits per heavy atom. The summed E-state index contributed by atoms with van der Waals surface area (Å²) in [5.74, 6) is 0. The predicted molar refractivity (Wildman–Crippen MR) is 122 cm³/mol. The van der Waals surface area contributed by atoms with Gasteiger partial charge in [-0.1, -0.05) is 82.7 Å². The first-order valence-corrected chi connectivity index (χ1v) is 10.1. The molecule has 0 radical (unpaired) electrons. The number of hydrogen-bond acceptors (Lipinski definition) is 0. The number of nitrogens with zero attached hydrogens (tertiary/aromatic N) is 1. The van der Waals surface area contributed by atoms with E-state index in [0.29, 0.717) is 0 Å². The van der Waals surface area contributed by atoms with E-state index in [9.17, 15) is 0 Å². The first kappa shape index (κ1) is 17.0. The van der Waals surface area contributed by atoms with Crippen LogP contribution in [0, 0.1) is 0 Å². The fourth-order valence-electron chi connectivity index (χ4n) is 3.73. The molecule has 134 valence electrons. The van der Waals surface area contributed by atoms with Crippen LogP contribution >= 0.6 is 15.9 Å². The third-order valence-electron chi connectivity index (χ3n) is 5.08. The van der Waals surface area contributed by atoms with E-state index in [2.05, 4.69) is 130 Å². The lowest BCUT2D eigenvalue weighted by Crippen LogP contribution is -1.90. The molecule has 1 heterocycles. The van der Waals surface area contributed by atoms with E-state index in [4.69, 9.17) is 0 Å². The van der Waals surface area contributed by atoms with Crippen LogP contribution in [0.3, 0.4) is 0 Å². The van der Waals surface area contributed by atoms with Crippen LogP contribution in [0.2, 0.25) is 0 Å². The lowest BCUT2D eigenvalue weighted by molar-refractivity contribution is 1.13. The van der Waals surface area contributed by atoms with Gasteiger partial charge >= 0.3 is 0 Å². The van der Waals surface area contributed by atoms with Crippen LogP contribution in [0.15, 0.2) is 114 Å². The Morgan fingerprint density at radius 3 is 2.04 bits per heavy atom. The maximum atomic E-state index is 3.62. The van der Waals surface area contributed by atoms with E-state index < -0.39 is 0 Å². The molecule has 0 saturated carbocycles. The summed E-state index contributed by atoms with van der Waals surface area (Å²) in [6.45, 7) is 0. The molecule has 0 unspecified atom stereocenters. The number of aromatic nitrogens is 1. The van der Waals surface area contributed by atoms with E-state index in [1.165, 1.54) is 38.8 Å². The zero-order valence-corrected chi connectivity index (χ0v) is 16.8. The topological polar surface area (TPSA) is 4.93 Å². The van der Waals surface area contributed by atoms with Crippen molar-refractivity contribution >= 4 is 26.8 Å². The molecule has 1 aromatic heterocycles. The number of para-hydroxylation sites is 1. The van der Waals surface area contributed by atoms with Crippen molar-refractivity contribution < 1.29 is 0 Å². The fourth-order valence-corrected chi connectivity index (χ4v) is 4.13. The summed E-state index contributed by atoms with van der Waals surface area (Å²) >= 11 is 3.62. The highest BCUT2D eigenvalue weighted by Gasteiger charge is 2.13. The minimum Gasteiger partial charge on any atom is -0.316 e. The van der Waals surface area contributed by atoms with Gasteiger partial charge in [-0.05, 0) is 53.1 Å². The van der Waals surface area contributed by atoms with Gasteiger partial charge in [0.15, 0.2) is 0 Å². The van der Waals surface area contributed by atoms with Crippen molar-refractivity contribution in [1.82, 2.24) is 4.57 Å². The van der Waals surface area contributed by atoms with Crippen molar-refractivity contribution in [2.75, 3.05) is 0 Å². The van der Waals surface area contributed by atoms with Gasteiger partial charge < -0.3 is 4.57 Å². The molecule has 1 nitrogen and oxygen atoms in total. The summed E-state index contributed by atoms with van der Waals surface area (Å²) in [7, 11) is 0. The SMILES string of the molecule is Brc1cccc(-c2cn(-c3ccccc3)c3ccc(-c4ccccc4)cc23)c1. The number of hydrogen-bond donors (Lipinski definition) is 0. The van der Waals surface area contributed by atoms with Crippen molar-refractivity contribution in [1.29, 1.82) is 0 Å². The van der Waals surface area contributed by atoms with Crippen LogP contribution in [0.1, 0.15) is 0 Å². The molecule has 5 rings (SSSR count). The molecule has 0 aliphatic rings. The molecule has 28 heavy (non-hydrogen) atoms. The minimum absolute atomic E-state index is 1.09. The van der Waals surface area contributed by atoms with E-state index in [1.54, 1.807) is 0 Å². The van der Waals surface area contributed by atoms with Crippen LogP contribution in [0.4, 0.5) is 0 Å². The first-order chi connectivity index (χ1) is 13.8. The maximum Gasteiger partial charge on any atom is 0.0535 e. The normalized spacial score (nSPS) is 11.0. The molecule has 2 heteroatoms. The Labute approximate surface area is 173 Å². The lowest BCUT2D eigenvalue weighted by Gasteiger charge is -2.06. The second kappa shape index (κ2) is 7.14. The Kier molecular flexibility index (Phi) is 4.34. The summed E-state index contributed by atoms with van der Waals surface area (Å²) in [6.07, 6.45) is 2.25. The molecule has 0 N–H and O–H groups in total. The predicted octanol–water partition coefficient (Wildman–Crippen LogP) is 7.73. The van der Waals surface area contributed by atoms with Gasteiger partial charge in [-0.15, -0.1) is 0 Å². The van der Waals surface area contributed by atoms with Gasteiger partial charge in [0.2, 0.25) is 0 Å². The van der Waals surface area contributed by atoms with E-state index >= 15 is 0 Å². The molecule has 0 saturated heterocycles. The van der Waals surface area contributed by atoms with E-state index in [-0.39, 0.29) is 0 Å². The highest BCUT2D eigenvalue weighted by molar-refractivity contribution is 9.10. The summed E-state index contributed by atoms with van der Waals surface area (Å²) in [6, 6.07) is 36.3. The monoisotopic (exact) mass is 423 g/mol. The molecule has 0 aliphatic carbocycles. The van der Waals surface area contributed by atoms with Crippen LogP contribution in [-0.4, -0.2) is 4.57 Å². The largest absolute Gasteiger partial charge is 0.316 e. The molecule has 5 aromatic rings. The van der Waals surface area contributed by atoms with Crippen LogP contribution in [0.25, 0.3) is 38.8 Å². The average molecular weight is 424 g/mol. The fraction of sp³-hybridized carbons (Fsp3) is 0. The molecule has 0 aliphatic heterocycles. The Hall–Kier alpha value is -3.10. The Morgan fingerprint density at radius 1 is 0.571 bits per heavy atom. The third-order valence-corrected chi connectivity index (χ3v) is 5.57. The summed E-state index contributed by atoms with van der Waals surface area (Å²) in [5, 5.41) is 1.25. The van der Waals surface area contributed by atoms with Gasteiger partial charge in [0.05, 0.1) is 5.52 Å². The highest BCUT2D eigenvalue weighted by atomic mass is 79.9. The van der Waals surface area contributed by atoms with Gasteiger partial charge in [-0.25, -0.2) is 0 Å². The smallest absolute Gasteiger partial charge is 0.0535 e. The second-order valence-electron chi connectivity index (χ2n) is 6.86. The summed E-state index contributed by atoms with van der Waals surface area (Å²) < 4.78 is 3.37. The Balaban J connectivity index is 1.79. The van der Waals surface area contributed by atoms with Crippen molar-refractivity contribution in [2.24, 2.45) is 0 Å². The number of benzene rings is 4. The van der Waals surface area contributed by atoms with Crippen molar-refractivity contribution in [3.63, 3.8) is 0 Å². The quantitative estimate of drug-likeness (QED) is 0.279. The lowest BCUT2D eigenvalue weighted by atomic mass is 10.00. The third kappa shape index (κ3) is 3.06. The van der Waals surface area contributed by atoms with Gasteiger partial charge in [-0.3, -0.25) is 0 Å². The van der Waals surface area contributed by atoms with Crippen molar-refractivity contribution in [3.05, 3.63) is 114 Å². The molecule has 0 fully saturated rings. The van der Waals surface area contributed by atoms with Crippen LogP contribution in [-0.2, 0) is 0 Å². The molecule has 0 amide bonds. The zero-order chi connectivity index (χ0) is 18.9. The average Bonchev–Trinajstić information content (AvgIpc) is 3.14. The summed E-state index contributed by atoms with van der Waals surface area (Å²) in [5.41, 5.74) is 7.28. The van der Waals surface area contributed by atoms with Crippen molar-refractivity contribution in [2.45, 2.75) is 0 Å². The molecule has 0 atom stereocenters. The van der Waals surface area contributed by atoms with E-state index in [0.717, 1.165) is 4.47 Å². The molecular weight excluding hydrogens is 406 g/mol. The number of fused-ring (bicyclic) bond motifs is 1. The minimum atomic E-state index is 1.09. The standard InChI is InChI=1S/C26H18BrN/c27-22-11-7-10-21(16-22)25-18-28(23-12-5-2-6-13-23)26-15-14-20(17-24(25)26)19-8-3-1-4-9-19/h1-18H. The van der Waals surface area contributed by atoms with Gasteiger partial charge in [0.25, 0.3) is 0 Å². The summed E-state index contributed by atoms with van der Waals surface area (Å²) in [4.78, 5) is 0. The maximum absolute atomic E-state index is 3.62. The van der Waals surface area contributed by atoms with Crippen LogP contribution < -0.4 is 0 Å². The molecular formula is C26H18BrN. The number of halogens is 1. The van der Waals surface area contributed by atoms with Crippen LogP contribution in [0.5, 0.6) is 0 Å². The van der Waals surface area contributed by atoms with Gasteiger partial charge in [0, 0.05) is 27.3 Å². The van der Waals surface area contributed by atoms with Gasteiger partial charge in [0.1, 0.15) is 0 Å². The Bertz CT molecular complexity index is 1250. The number of rotatable bonds is 3. The highest BCUT2D eigenvalue weighted by Crippen LogP contribution is 2.36. The molecule has 0 bridgehead atoms.